The Balaban J connectivity index is 1.72. The first kappa shape index (κ1) is 18.1. The Hall–Kier alpha value is -3.72. The Morgan fingerprint density at radius 2 is 1.81 bits per heavy atom. The smallest absolute Gasteiger partial charge is 0.258 e. The minimum atomic E-state index is -0.334. The highest BCUT2D eigenvalue weighted by Crippen LogP contribution is 2.25. The number of nitrogens with one attached hydrogen (secondary N) is 2. The molecule has 0 fully saturated rings. The van der Waals surface area contributed by atoms with E-state index in [0.29, 0.717) is 28.7 Å². The van der Waals surface area contributed by atoms with Crippen LogP contribution < -0.4 is 10.6 Å². The molecule has 1 aromatic heterocycles. The third-order valence-corrected chi connectivity index (χ3v) is 3.99. The van der Waals surface area contributed by atoms with Crippen molar-refractivity contribution in [1.82, 2.24) is 9.97 Å². The molecule has 0 atom stereocenters. The molecule has 6 nitrogen and oxygen atoms in total. The van der Waals surface area contributed by atoms with E-state index in [2.05, 4.69) is 40.5 Å². The molecule has 0 radical (unpaired) electrons. The monoisotopic (exact) mass is 357 g/mol. The number of para-hydroxylation sites is 1. The molecule has 2 aromatic carbocycles. The maximum atomic E-state index is 12.3. The van der Waals surface area contributed by atoms with Crippen molar-refractivity contribution in [2.75, 3.05) is 10.6 Å². The summed E-state index contributed by atoms with van der Waals surface area (Å²) in [5.41, 5.74) is 3.47. The van der Waals surface area contributed by atoms with E-state index in [0.717, 1.165) is 5.69 Å². The number of anilines is 3. The summed E-state index contributed by atoms with van der Waals surface area (Å²) in [6.45, 7) is 4.24. The Labute approximate surface area is 157 Å². The largest absolute Gasteiger partial charge is 0.324 e. The van der Waals surface area contributed by atoms with Crippen LogP contribution in [0.1, 0.15) is 41.3 Å². The Bertz CT molecular complexity index is 990. The molecule has 0 aliphatic heterocycles. The Morgan fingerprint density at radius 1 is 1.07 bits per heavy atom. The topological polar surface area (TPSA) is 90.7 Å². The number of rotatable bonds is 5. The lowest BCUT2D eigenvalue weighted by Crippen LogP contribution is -2.13. The molecule has 0 spiro atoms. The average molecular weight is 357 g/mol. The molecule has 0 aliphatic carbocycles. The van der Waals surface area contributed by atoms with Crippen molar-refractivity contribution in [2.24, 2.45) is 0 Å². The predicted octanol–water partition coefficient (Wildman–Crippen LogP) is 4.47. The number of nitriles is 1. The minimum Gasteiger partial charge on any atom is -0.324 e. The second kappa shape index (κ2) is 8.11. The van der Waals surface area contributed by atoms with E-state index in [1.807, 2.05) is 24.3 Å². The van der Waals surface area contributed by atoms with Gasteiger partial charge in [0.2, 0.25) is 5.95 Å². The molecule has 0 bridgehead atoms. The first-order valence-electron chi connectivity index (χ1n) is 8.56. The van der Waals surface area contributed by atoms with Crippen LogP contribution in [0, 0.1) is 11.3 Å². The van der Waals surface area contributed by atoms with Crippen molar-refractivity contribution >= 4 is 23.2 Å². The van der Waals surface area contributed by atoms with Gasteiger partial charge in [0.1, 0.15) is 0 Å². The number of nitrogens with zero attached hydrogens (tertiary/aromatic N) is 3. The molecule has 134 valence electrons. The normalized spacial score (nSPS) is 10.3. The third kappa shape index (κ3) is 4.47. The van der Waals surface area contributed by atoms with Gasteiger partial charge < -0.3 is 10.6 Å². The van der Waals surface area contributed by atoms with E-state index in [9.17, 15) is 4.79 Å². The standard InChI is InChI=1S/C21H19N5O/c1-14(2)18-8-3-4-9-19(18)26-21-23-12-16(13-24-21)20(27)25-17-7-5-6-15(10-17)11-22/h3-10,12-14H,1-2H3,(H,25,27)(H,23,24,26). The van der Waals surface area contributed by atoms with Gasteiger partial charge in [0.25, 0.3) is 5.91 Å². The molecular formula is C21H19N5O. The van der Waals surface area contributed by atoms with E-state index in [-0.39, 0.29) is 5.91 Å². The Morgan fingerprint density at radius 3 is 2.52 bits per heavy atom. The van der Waals surface area contributed by atoms with Crippen molar-refractivity contribution in [3.05, 3.63) is 77.6 Å². The van der Waals surface area contributed by atoms with Gasteiger partial charge in [-0.25, -0.2) is 9.97 Å². The molecule has 0 saturated heterocycles. The number of hydrogen-bond donors (Lipinski definition) is 2. The zero-order valence-electron chi connectivity index (χ0n) is 15.1. The van der Waals surface area contributed by atoms with Gasteiger partial charge in [-0.2, -0.15) is 5.26 Å². The van der Waals surface area contributed by atoms with Crippen molar-refractivity contribution in [1.29, 1.82) is 5.26 Å². The van der Waals surface area contributed by atoms with Crippen molar-refractivity contribution in [2.45, 2.75) is 19.8 Å². The van der Waals surface area contributed by atoms with Crippen LogP contribution in [0.4, 0.5) is 17.3 Å². The molecule has 6 heteroatoms. The third-order valence-electron chi connectivity index (χ3n) is 3.99. The fraction of sp³-hybridized carbons (Fsp3) is 0.143. The van der Waals surface area contributed by atoms with E-state index in [1.54, 1.807) is 24.3 Å². The zero-order valence-corrected chi connectivity index (χ0v) is 15.1. The zero-order chi connectivity index (χ0) is 19.2. The second-order valence-corrected chi connectivity index (χ2v) is 6.31. The fourth-order valence-corrected chi connectivity index (χ4v) is 2.61. The number of carbonyl (C=O) groups is 1. The minimum absolute atomic E-state index is 0.333. The van der Waals surface area contributed by atoms with E-state index in [1.165, 1.54) is 18.0 Å². The van der Waals surface area contributed by atoms with Gasteiger partial charge in [-0.05, 0) is 35.7 Å². The van der Waals surface area contributed by atoms with Crippen molar-refractivity contribution in [3.8, 4) is 6.07 Å². The predicted molar refractivity (Wildman–Crippen MR) is 105 cm³/mol. The lowest BCUT2D eigenvalue weighted by atomic mass is 10.0. The maximum absolute atomic E-state index is 12.3. The SMILES string of the molecule is CC(C)c1ccccc1Nc1ncc(C(=O)Nc2cccc(C#N)c2)cn1. The van der Waals surface area contributed by atoms with E-state index < -0.39 is 0 Å². The van der Waals surface area contributed by atoms with Gasteiger partial charge >= 0.3 is 0 Å². The molecule has 0 unspecified atom stereocenters. The summed E-state index contributed by atoms with van der Waals surface area (Å²) in [5.74, 6) is 0.452. The van der Waals surface area contributed by atoms with Crippen molar-refractivity contribution < 1.29 is 4.79 Å². The highest BCUT2D eigenvalue weighted by atomic mass is 16.1. The lowest BCUT2D eigenvalue weighted by molar-refractivity contribution is 0.102. The highest BCUT2D eigenvalue weighted by molar-refractivity contribution is 6.04. The summed E-state index contributed by atoms with van der Waals surface area (Å²) >= 11 is 0. The van der Waals surface area contributed by atoms with Crippen LogP contribution in [-0.4, -0.2) is 15.9 Å². The number of amides is 1. The van der Waals surface area contributed by atoms with Gasteiger partial charge in [-0.1, -0.05) is 38.1 Å². The van der Waals surface area contributed by atoms with Crippen LogP contribution in [0.25, 0.3) is 0 Å². The van der Waals surface area contributed by atoms with E-state index in [4.69, 9.17) is 5.26 Å². The molecule has 1 heterocycles. The maximum Gasteiger partial charge on any atom is 0.258 e. The molecular weight excluding hydrogens is 338 g/mol. The molecule has 0 aliphatic rings. The molecule has 3 rings (SSSR count). The molecule has 2 N–H and O–H groups in total. The van der Waals surface area contributed by atoms with Gasteiger partial charge in [-0.3, -0.25) is 4.79 Å². The lowest BCUT2D eigenvalue weighted by Gasteiger charge is -2.13. The van der Waals surface area contributed by atoms with Crippen LogP contribution in [0.15, 0.2) is 60.9 Å². The highest BCUT2D eigenvalue weighted by Gasteiger charge is 2.10. The molecule has 0 saturated carbocycles. The van der Waals surface area contributed by atoms with Gasteiger partial charge in [0, 0.05) is 23.8 Å². The van der Waals surface area contributed by atoms with Gasteiger partial charge in [-0.15, -0.1) is 0 Å². The number of benzene rings is 2. The molecule has 27 heavy (non-hydrogen) atoms. The Kier molecular flexibility index (Phi) is 5.43. The first-order chi connectivity index (χ1) is 13.1. The number of aromatic nitrogens is 2. The van der Waals surface area contributed by atoms with Gasteiger partial charge in [0.05, 0.1) is 17.2 Å². The summed E-state index contributed by atoms with van der Waals surface area (Å²) in [7, 11) is 0. The van der Waals surface area contributed by atoms with Crippen molar-refractivity contribution in [3.63, 3.8) is 0 Å². The fourth-order valence-electron chi connectivity index (χ4n) is 2.61. The van der Waals surface area contributed by atoms with Crippen LogP contribution in [-0.2, 0) is 0 Å². The summed E-state index contributed by atoms with van der Waals surface area (Å²) in [4.78, 5) is 20.8. The van der Waals surface area contributed by atoms with Crippen LogP contribution in [0.2, 0.25) is 0 Å². The average Bonchev–Trinajstić information content (AvgIpc) is 2.69. The van der Waals surface area contributed by atoms with Crippen LogP contribution >= 0.6 is 0 Å². The van der Waals surface area contributed by atoms with E-state index >= 15 is 0 Å². The summed E-state index contributed by atoms with van der Waals surface area (Å²) in [5, 5.41) is 14.9. The quantitative estimate of drug-likeness (QED) is 0.703. The van der Waals surface area contributed by atoms with Gasteiger partial charge in [0.15, 0.2) is 0 Å². The van der Waals surface area contributed by atoms with Crippen LogP contribution in [0.3, 0.4) is 0 Å². The summed E-state index contributed by atoms with van der Waals surface area (Å²) < 4.78 is 0. The first-order valence-corrected chi connectivity index (χ1v) is 8.56. The summed E-state index contributed by atoms with van der Waals surface area (Å²) in [6, 6.07) is 16.7. The summed E-state index contributed by atoms with van der Waals surface area (Å²) in [6.07, 6.45) is 2.94. The molecule has 3 aromatic rings. The van der Waals surface area contributed by atoms with Crippen LogP contribution in [0.5, 0.6) is 0 Å². The number of hydrogen-bond acceptors (Lipinski definition) is 5. The second-order valence-electron chi connectivity index (χ2n) is 6.31. The molecule has 1 amide bonds. The number of carbonyl (C=O) groups excluding carboxylic acids is 1.